The molecular formula is C18H24Cl3N7O. The van der Waals surface area contributed by atoms with Gasteiger partial charge in [-0.3, -0.25) is 5.10 Å². The third-order valence-electron chi connectivity index (χ3n) is 4.72. The molecule has 4 rings (SSSR count). The van der Waals surface area contributed by atoms with E-state index < -0.39 is 0 Å². The van der Waals surface area contributed by atoms with Gasteiger partial charge in [0, 0.05) is 23.4 Å². The molecular weight excluding hydrogens is 437 g/mol. The van der Waals surface area contributed by atoms with E-state index >= 15 is 0 Å². The van der Waals surface area contributed by atoms with Crippen LogP contribution in [0.2, 0.25) is 0 Å². The van der Waals surface area contributed by atoms with Gasteiger partial charge in [-0.25, -0.2) is 4.98 Å². The van der Waals surface area contributed by atoms with Gasteiger partial charge < -0.3 is 15.3 Å². The molecule has 29 heavy (non-hydrogen) atoms. The topological polar surface area (TPSA) is 103 Å². The number of aromatic nitrogens is 5. The van der Waals surface area contributed by atoms with Crippen molar-refractivity contribution < 1.29 is 5.11 Å². The van der Waals surface area contributed by atoms with Gasteiger partial charge in [0.15, 0.2) is 0 Å². The van der Waals surface area contributed by atoms with Crippen LogP contribution in [-0.4, -0.2) is 61.6 Å². The first-order valence-corrected chi connectivity index (χ1v) is 8.66. The summed E-state index contributed by atoms with van der Waals surface area (Å²) in [5.41, 5.74) is 2.92. The molecule has 0 radical (unpaired) electrons. The molecule has 0 atom stereocenters. The lowest BCUT2D eigenvalue weighted by Crippen LogP contribution is -2.37. The van der Waals surface area contributed by atoms with E-state index in [0.717, 1.165) is 37.1 Å². The van der Waals surface area contributed by atoms with Crippen molar-refractivity contribution in [2.45, 2.75) is 18.9 Å². The normalized spacial score (nSPS) is 14.2. The maximum absolute atomic E-state index is 10.4. The fraction of sp³-hybridized carbons (Fsp3) is 0.333. The second-order valence-corrected chi connectivity index (χ2v) is 6.61. The van der Waals surface area contributed by atoms with E-state index in [2.05, 4.69) is 42.6 Å². The lowest BCUT2D eigenvalue weighted by molar-refractivity contribution is 0.263. The summed E-state index contributed by atoms with van der Waals surface area (Å²) in [6, 6.07) is 5.79. The van der Waals surface area contributed by atoms with Gasteiger partial charge in [0.1, 0.15) is 11.4 Å². The summed E-state index contributed by atoms with van der Waals surface area (Å²) in [5, 5.41) is 28.8. The maximum Gasteiger partial charge on any atom is 0.242 e. The smallest absolute Gasteiger partial charge is 0.242 e. The number of rotatable bonds is 4. The SMILES string of the molecule is CN1CCC(Nc2ncc(-c3ccc(-c4cn[nH]c4)cc3O)nn2)CC1.Cl.Cl.Cl. The van der Waals surface area contributed by atoms with Crippen molar-refractivity contribution in [2.24, 2.45) is 0 Å². The molecule has 0 amide bonds. The number of anilines is 1. The lowest BCUT2D eigenvalue weighted by Gasteiger charge is -2.29. The summed E-state index contributed by atoms with van der Waals surface area (Å²) in [7, 11) is 2.13. The second-order valence-electron chi connectivity index (χ2n) is 6.61. The van der Waals surface area contributed by atoms with E-state index in [9.17, 15) is 5.11 Å². The largest absolute Gasteiger partial charge is 0.507 e. The molecule has 3 heterocycles. The van der Waals surface area contributed by atoms with Gasteiger partial charge in [0.05, 0.1) is 12.4 Å². The Bertz CT molecular complexity index is 870. The minimum atomic E-state index is 0. The van der Waals surface area contributed by atoms with Crippen molar-refractivity contribution in [1.82, 2.24) is 30.3 Å². The molecule has 0 saturated carbocycles. The van der Waals surface area contributed by atoms with E-state index in [1.807, 2.05) is 12.1 Å². The number of hydrogen-bond acceptors (Lipinski definition) is 7. The number of likely N-dealkylation sites (tertiary alicyclic amines) is 1. The first-order valence-electron chi connectivity index (χ1n) is 8.66. The molecule has 1 fully saturated rings. The number of phenols is 1. The molecule has 0 unspecified atom stereocenters. The van der Waals surface area contributed by atoms with Gasteiger partial charge in [-0.1, -0.05) is 6.07 Å². The lowest BCUT2D eigenvalue weighted by atomic mass is 10.0. The molecule has 0 bridgehead atoms. The standard InChI is InChI=1S/C18H21N7O.3ClH/c1-25-6-4-14(5-7-25)22-18-19-11-16(23-24-18)15-3-2-12(8-17(15)26)13-9-20-21-10-13;;;/h2-3,8-11,14,26H,4-7H2,1H3,(H,20,21)(H,19,22,24);3*1H. The number of nitrogens with one attached hydrogen (secondary N) is 2. The van der Waals surface area contributed by atoms with E-state index in [4.69, 9.17) is 0 Å². The highest BCUT2D eigenvalue weighted by Crippen LogP contribution is 2.31. The summed E-state index contributed by atoms with van der Waals surface area (Å²) in [6.45, 7) is 2.14. The number of benzene rings is 1. The number of nitrogens with zero attached hydrogens (tertiary/aromatic N) is 5. The number of H-pyrrole nitrogens is 1. The van der Waals surface area contributed by atoms with Crippen LogP contribution < -0.4 is 5.32 Å². The molecule has 158 valence electrons. The van der Waals surface area contributed by atoms with Crippen molar-refractivity contribution in [3.05, 3.63) is 36.8 Å². The molecule has 0 spiro atoms. The zero-order valence-corrected chi connectivity index (χ0v) is 18.2. The Morgan fingerprint density at radius 3 is 2.41 bits per heavy atom. The summed E-state index contributed by atoms with van der Waals surface area (Å²) in [6.07, 6.45) is 7.26. The third-order valence-corrected chi connectivity index (χ3v) is 4.72. The Hall–Kier alpha value is -2.13. The van der Waals surface area contributed by atoms with Gasteiger partial charge >= 0.3 is 0 Å². The van der Waals surface area contributed by atoms with Gasteiger partial charge in [-0.2, -0.15) is 5.10 Å². The van der Waals surface area contributed by atoms with Crippen LogP contribution in [-0.2, 0) is 0 Å². The molecule has 3 N–H and O–H groups in total. The van der Waals surface area contributed by atoms with Crippen molar-refractivity contribution in [2.75, 3.05) is 25.5 Å². The monoisotopic (exact) mass is 459 g/mol. The van der Waals surface area contributed by atoms with Crippen LogP contribution in [0.4, 0.5) is 5.95 Å². The van der Waals surface area contributed by atoms with Crippen LogP contribution in [0.3, 0.4) is 0 Å². The van der Waals surface area contributed by atoms with Gasteiger partial charge in [-0.15, -0.1) is 47.4 Å². The number of aromatic amines is 1. The minimum absolute atomic E-state index is 0. The number of piperidine rings is 1. The molecule has 2 aromatic heterocycles. The highest BCUT2D eigenvalue weighted by molar-refractivity contribution is 5.86. The van der Waals surface area contributed by atoms with Crippen LogP contribution >= 0.6 is 37.2 Å². The van der Waals surface area contributed by atoms with Crippen molar-refractivity contribution in [1.29, 1.82) is 0 Å². The zero-order valence-electron chi connectivity index (χ0n) is 15.8. The first-order chi connectivity index (χ1) is 12.7. The summed E-state index contributed by atoms with van der Waals surface area (Å²) >= 11 is 0. The Morgan fingerprint density at radius 2 is 1.83 bits per heavy atom. The molecule has 1 saturated heterocycles. The summed E-state index contributed by atoms with van der Waals surface area (Å²) in [4.78, 5) is 6.67. The van der Waals surface area contributed by atoms with Crippen LogP contribution in [0.5, 0.6) is 5.75 Å². The van der Waals surface area contributed by atoms with Crippen LogP contribution in [0.25, 0.3) is 22.4 Å². The Kier molecular flexibility index (Phi) is 9.58. The number of halogens is 3. The molecule has 1 aliphatic rings. The van der Waals surface area contributed by atoms with E-state index in [0.29, 0.717) is 23.2 Å². The van der Waals surface area contributed by atoms with Crippen molar-refractivity contribution >= 4 is 43.2 Å². The van der Waals surface area contributed by atoms with Gasteiger partial charge in [0.2, 0.25) is 5.95 Å². The van der Waals surface area contributed by atoms with Gasteiger partial charge in [-0.05, 0) is 50.7 Å². The Labute approximate surface area is 187 Å². The van der Waals surface area contributed by atoms with Crippen molar-refractivity contribution in [3.8, 4) is 28.1 Å². The maximum atomic E-state index is 10.4. The number of hydrogen-bond donors (Lipinski definition) is 3. The van der Waals surface area contributed by atoms with Crippen LogP contribution in [0.15, 0.2) is 36.8 Å². The van der Waals surface area contributed by atoms with E-state index in [-0.39, 0.29) is 43.0 Å². The predicted octanol–water partition coefficient (Wildman–Crippen LogP) is 3.41. The highest BCUT2D eigenvalue weighted by atomic mass is 35.5. The molecule has 1 aromatic carbocycles. The van der Waals surface area contributed by atoms with E-state index in [1.165, 1.54) is 0 Å². The van der Waals surface area contributed by atoms with Crippen LogP contribution in [0.1, 0.15) is 12.8 Å². The highest BCUT2D eigenvalue weighted by Gasteiger charge is 2.17. The fourth-order valence-electron chi connectivity index (χ4n) is 3.14. The first kappa shape index (κ1) is 24.9. The number of phenolic OH excluding ortho intramolecular Hbond substituents is 1. The van der Waals surface area contributed by atoms with Gasteiger partial charge in [0.25, 0.3) is 0 Å². The second kappa shape index (κ2) is 11.2. The minimum Gasteiger partial charge on any atom is -0.507 e. The molecule has 11 heteroatoms. The molecule has 3 aromatic rings. The average molecular weight is 461 g/mol. The van der Waals surface area contributed by atoms with Crippen LogP contribution in [0, 0.1) is 0 Å². The van der Waals surface area contributed by atoms with Crippen molar-refractivity contribution in [3.63, 3.8) is 0 Å². The fourth-order valence-corrected chi connectivity index (χ4v) is 3.14. The molecule has 0 aliphatic carbocycles. The summed E-state index contributed by atoms with van der Waals surface area (Å²) < 4.78 is 0. The Morgan fingerprint density at radius 1 is 1.07 bits per heavy atom. The zero-order chi connectivity index (χ0) is 17.9. The third kappa shape index (κ3) is 5.93. The Balaban J connectivity index is 0.00000140. The average Bonchev–Trinajstić information content (AvgIpc) is 3.19. The molecule has 1 aliphatic heterocycles. The van der Waals surface area contributed by atoms with E-state index in [1.54, 1.807) is 24.7 Å². The number of aromatic hydroxyl groups is 1. The molecule has 8 nitrogen and oxygen atoms in total. The predicted molar refractivity (Wildman–Crippen MR) is 120 cm³/mol. The summed E-state index contributed by atoms with van der Waals surface area (Å²) in [5.74, 6) is 0.661. The quantitative estimate of drug-likeness (QED) is 0.548.